The number of benzene rings is 1. The lowest BCUT2D eigenvalue weighted by molar-refractivity contribution is -0.118. The zero-order valence-electron chi connectivity index (χ0n) is 11.3. The number of nitrogens with zero attached hydrogens (tertiary/aromatic N) is 4. The van der Waals surface area contributed by atoms with Gasteiger partial charge in [0, 0.05) is 18.7 Å². The molecular weight excluding hydrogens is 272 g/mol. The van der Waals surface area contributed by atoms with E-state index in [1.54, 1.807) is 4.90 Å². The van der Waals surface area contributed by atoms with Crippen molar-refractivity contribution in [3.05, 3.63) is 41.7 Å². The lowest BCUT2D eigenvalue weighted by Gasteiger charge is -2.29. The van der Waals surface area contributed by atoms with Crippen LogP contribution in [-0.4, -0.2) is 38.5 Å². The number of aromatic nitrogens is 3. The van der Waals surface area contributed by atoms with Crippen LogP contribution in [0.5, 0.6) is 0 Å². The lowest BCUT2D eigenvalue weighted by atomic mass is 10.0. The van der Waals surface area contributed by atoms with Gasteiger partial charge in [-0.2, -0.15) is 0 Å². The van der Waals surface area contributed by atoms with Gasteiger partial charge in [0.15, 0.2) is 5.69 Å². The average Bonchev–Trinajstić information content (AvgIpc) is 2.95. The Morgan fingerprint density at radius 3 is 2.81 bits per heavy atom. The summed E-state index contributed by atoms with van der Waals surface area (Å²) in [4.78, 5) is 24.6. The highest BCUT2D eigenvalue weighted by molar-refractivity contribution is 5.96. The van der Waals surface area contributed by atoms with Crippen molar-refractivity contribution < 1.29 is 14.7 Å². The molecule has 7 heteroatoms. The average molecular weight is 286 g/mol. The van der Waals surface area contributed by atoms with Crippen LogP contribution >= 0.6 is 0 Å². The Morgan fingerprint density at radius 1 is 1.24 bits per heavy atom. The molecule has 1 aliphatic rings. The fourth-order valence-electron chi connectivity index (χ4n) is 2.45. The molecule has 0 atom stereocenters. The largest absolute Gasteiger partial charge is 0.476 e. The van der Waals surface area contributed by atoms with E-state index >= 15 is 0 Å². The maximum absolute atomic E-state index is 12.1. The van der Waals surface area contributed by atoms with E-state index in [2.05, 4.69) is 10.3 Å². The molecule has 3 rings (SSSR count). The van der Waals surface area contributed by atoms with Crippen molar-refractivity contribution in [2.75, 3.05) is 11.4 Å². The van der Waals surface area contributed by atoms with Crippen molar-refractivity contribution in [2.45, 2.75) is 19.4 Å². The first-order valence-corrected chi connectivity index (χ1v) is 6.67. The van der Waals surface area contributed by atoms with E-state index < -0.39 is 5.97 Å². The molecule has 108 valence electrons. The number of aryl methyl sites for hydroxylation is 1. The fourth-order valence-corrected chi connectivity index (χ4v) is 2.45. The molecule has 0 saturated heterocycles. The number of amides is 1. The Bertz CT molecular complexity index is 695. The van der Waals surface area contributed by atoms with Crippen molar-refractivity contribution in [1.82, 2.24) is 15.0 Å². The van der Waals surface area contributed by atoms with Crippen LogP contribution in [0.25, 0.3) is 0 Å². The highest BCUT2D eigenvalue weighted by atomic mass is 16.4. The van der Waals surface area contributed by atoms with Gasteiger partial charge in [0.25, 0.3) is 0 Å². The predicted octanol–water partition coefficient (Wildman–Crippen LogP) is 0.956. The lowest BCUT2D eigenvalue weighted by Crippen LogP contribution is -2.37. The summed E-state index contributed by atoms with van der Waals surface area (Å²) in [7, 11) is 0. The van der Waals surface area contributed by atoms with E-state index in [0.717, 1.165) is 17.7 Å². The summed E-state index contributed by atoms with van der Waals surface area (Å²) in [5.74, 6) is -1.03. The zero-order valence-corrected chi connectivity index (χ0v) is 11.3. The second-order valence-corrected chi connectivity index (χ2v) is 4.85. The first-order chi connectivity index (χ1) is 10.1. The first kappa shape index (κ1) is 13.3. The summed E-state index contributed by atoms with van der Waals surface area (Å²) >= 11 is 0. The van der Waals surface area contributed by atoms with Gasteiger partial charge in [-0.25, -0.2) is 9.48 Å². The van der Waals surface area contributed by atoms with E-state index in [0.29, 0.717) is 19.5 Å². The van der Waals surface area contributed by atoms with Crippen LogP contribution in [0, 0.1) is 0 Å². The minimum atomic E-state index is -1.11. The van der Waals surface area contributed by atoms with Gasteiger partial charge in [-0.15, -0.1) is 5.10 Å². The van der Waals surface area contributed by atoms with Crippen LogP contribution in [0.1, 0.15) is 22.5 Å². The Hall–Kier alpha value is -2.70. The van der Waals surface area contributed by atoms with Crippen LogP contribution in [0.4, 0.5) is 5.69 Å². The number of carboxylic acids is 1. The fraction of sp³-hybridized carbons (Fsp3) is 0.286. The van der Waals surface area contributed by atoms with Gasteiger partial charge in [0.05, 0.1) is 12.7 Å². The van der Waals surface area contributed by atoms with Gasteiger partial charge in [-0.05, 0) is 18.1 Å². The normalized spacial score (nSPS) is 14.1. The Morgan fingerprint density at radius 2 is 2.05 bits per heavy atom. The molecule has 1 aliphatic heterocycles. The van der Waals surface area contributed by atoms with Crippen molar-refractivity contribution in [2.24, 2.45) is 0 Å². The molecule has 0 saturated carbocycles. The monoisotopic (exact) mass is 286 g/mol. The standard InChI is InChI=1S/C14H14N4O3/c19-13-6-5-10-3-1-2-4-12(10)18(13)8-7-17-9-11(14(20)21)15-16-17/h1-4,9H,5-8H2,(H,20,21). The summed E-state index contributed by atoms with van der Waals surface area (Å²) in [6, 6.07) is 7.81. The third kappa shape index (κ3) is 2.62. The minimum Gasteiger partial charge on any atom is -0.476 e. The van der Waals surface area contributed by atoms with E-state index in [4.69, 9.17) is 5.11 Å². The van der Waals surface area contributed by atoms with Crippen molar-refractivity contribution in [1.29, 1.82) is 0 Å². The van der Waals surface area contributed by atoms with Gasteiger partial charge in [0.1, 0.15) is 0 Å². The van der Waals surface area contributed by atoms with Crippen LogP contribution in [0.15, 0.2) is 30.5 Å². The number of anilines is 1. The summed E-state index contributed by atoms with van der Waals surface area (Å²) in [5, 5.41) is 16.1. The number of para-hydroxylation sites is 1. The molecule has 1 aromatic heterocycles. The summed E-state index contributed by atoms with van der Waals surface area (Å²) in [5.41, 5.74) is 1.98. The quantitative estimate of drug-likeness (QED) is 0.904. The molecule has 1 N–H and O–H groups in total. The van der Waals surface area contributed by atoms with Crippen LogP contribution in [0.2, 0.25) is 0 Å². The maximum atomic E-state index is 12.1. The predicted molar refractivity (Wildman–Crippen MR) is 74.1 cm³/mol. The first-order valence-electron chi connectivity index (χ1n) is 6.67. The summed E-state index contributed by atoms with van der Waals surface area (Å²) in [6.07, 6.45) is 2.62. The second-order valence-electron chi connectivity index (χ2n) is 4.85. The molecule has 2 aromatic rings. The second kappa shape index (κ2) is 5.35. The molecule has 1 amide bonds. The molecule has 0 fully saturated rings. The van der Waals surface area contributed by atoms with Crippen LogP contribution in [0.3, 0.4) is 0 Å². The van der Waals surface area contributed by atoms with Crippen LogP contribution < -0.4 is 4.90 Å². The van der Waals surface area contributed by atoms with E-state index in [1.807, 2.05) is 24.3 Å². The third-order valence-corrected chi connectivity index (χ3v) is 3.50. The topological polar surface area (TPSA) is 88.3 Å². The van der Waals surface area contributed by atoms with E-state index in [1.165, 1.54) is 10.9 Å². The number of hydrogen-bond acceptors (Lipinski definition) is 4. The van der Waals surface area contributed by atoms with E-state index in [-0.39, 0.29) is 11.6 Å². The molecule has 0 aliphatic carbocycles. The highest BCUT2D eigenvalue weighted by Gasteiger charge is 2.23. The molecule has 0 radical (unpaired) electrons. The van der Waals surface area contributed by atoms with Gasteiger partial charge in [-0.3, -0.25) is 4.79 Å². The number of hydrogen-bond donors (Lipinski definition) is 1. The molecule has 1 aromatic carbocycles. The van der Waals surface area contributed by atoms with Crippen molar-refractivity contribution in [3.63, 3.8) is 0 Å². The molecule has 0 unspecified atom stereocenters. The highest BCUT2D eigenvalue weighted by Crippen LogP contribution is 2.27. The zero-order chi connectivity index (χ0) is 14.8. The smallest absolute Gasteiger partial charge is 0.358 e. The molecule has 7 nitrogen and oxygen atoms in total. The maximum Gasteiger partial charge on any atom is 0.358 e. The molecule has 0 spiro atoms. The SMILES string of the molecule is O=C(O)c1cn(CCN2C(=O)CCc3ccccc32)nn1. The summed E-state index contributed by atoms with van der Waals surface area (Å²) in [6.45, 7) is 0.846. The number of carbonyl (C=O) groups excluding carboxylic acids is 1. The van der Waals surface area contributed by atoms with Gasteiger partial charge < -0.3 is 10.0 Å². The van der Waals surface area contributed by atoms with E-state index in [9.17, 15) is 9.59 Å². The molecule has 0 bridgehead atoms. The number of carboxylic acid groups (broad SMARTS) is 1. The van der Waals surface area contributed by atoms with Crippen LogP contribution in [-0.2, 0) is 17.8 Å². The molecular formula is C14H14N4O3. The number of rotatable bonds is 4. The third-order valence-electron chi connectivity index (χ3n) is 3.50. The van der Waals surface area contributed by atoms with Crippen molar-refractivity contribution >= 4 is 17.6 Å². The number of carbonyl (C=O) groups is 2. The Kier molecular flexibility index (Phi) is 3.39. The number of aromatic carboxylic acids is 1. The Labute approximate surface area is 120 Å². The number of fused-ring (bicyclic) bond motifs is 1. The van der Waals surface area contributed by atoms with Crippen molar-refractivity contribution in [3.8, 4) is 0 Å². The molecule has 2 heterocycles. The molecule has 21 heavy (non-hydrogen) atoms. The van der Waals surface area contributed by atoms with Gasteiger partial charge >= 0.3 is 5.97 Å². The summed E-state index contributed by atoms with van der Waals surface area (Å²) < 4.78 is 1.44. The van der Waals surface area contributed by atoms with Gasteiger partial charge in [-0.1, -0.05) is 23.4 Å². The van der Waals surface area contributed by atoms with Gasteiger partial charge in [0.2, 0.25) is 5.91 Å². The Balaban J connectivity index is 1.75. The minimum absolute atomic E-state index is 0.0762.